The molecule has 0 aliphatic carbocycles. The molecule has 1 N–H and O–H groups in total. The average molecular weight is 449 g/mol. The number of rotatable bonds is 6. The Balaban J connectivity index is 1.15. The van der Waals surface area contributed by atoms with Crippen molar-refractivity contribution in [2.24, 2.45) is 0 Å². The molecular weight excluding hydrogens is 416 g/mol. The molecule has 1 amide bonds. The Morgan fingerprint density at radius 1 is 0.970 bits per heavy atom. The fourth-order valence-electron chi connectivity index (χ4n) is 4.64. The highest BCUT2D eigenvalue weighted by Crippen LogP contribution is 2.16. The molecule has 0 bridgehead atoms. The van der Waals surface area contributed by atoms with Gasteiger partial charge in [0, 0.05) is 51.9 Å². The second kappa shape index (κ2) is 9.84. The minimum Gasteiger partial charge on any atom is -0.353 e. The van der Waals surface area contributed by atoms with Crippen LogP contribution in [0, 0.1) is 0 Å². The topological polar surface area (TPSA) is 81.9 Å². The summed E-state index contributed by atoms with van der Waals surface area (Å²) in [5.74, 6) is 1.47. The summed E-state index contributed by atoms with van der Waals surface area (Å²) in [5, 5.41) is 16.4. The molecule has 0 atom stereocenters. The molecule has 3 aromatic rings. The van der Waals surface area contributed by atoms with Crippen molar-refractivity contribution in [1.82, 2.24) is 34.9 Å². The van der Waals surface area contributed by atoms with Crippen LogP contribution in [0.5, 0.6) is 0 Å². The highest BCUT2D eigenvalue weighted by atomic mass is 16.1. The van der Waals surface area contributed by atoms with E-state index in [1.807, 2.05) is 18.2 Å². The van der Waals surface area contributed by atoms with E-state index in [0.717, 1.165) is 64.5 Å². The largest absolute Gasteiger partial charge is 0.353 e. The van der Waals surface area contributed by atoms with Crippen LogP contribution in [0.15, 0.2) is 42.5 Å². The van der Waals surface area contributed by atoms with Crippen LogP contribution < -0.4 is 10.2 Å². The van der Waals surface area contributed by atoms with Crippen molar-refractivity contribution in [3.8, 4) is 0 Å². The lowest BCUT2D eigenvalue weighted by atomic mass is 10.0. The molecule has 1 aromatic carbocycles. The molecular formula is C24H32N8O. The predicted molar refractivity (Wildman–Crippen MR) is 127 cm³/mol. The summed E-state index contributed by atoms with van der Waals surface area (Å²) >= 11 is 0. The fraction of sp³-hybridized carbons (Fsp3) is 0.500. The number of piperazine rings is 1. The number of carbonyl (C=O) groups is 1. The highest BCUT2D eigenvalue weighted by Gasteiger charge is 2.22. The summed E-state index contributed by atoms with van der Waals surface area (Å²) in [6, 6.07) is 14.7. The molecule has 4 heterocycles. The number of fused-ring (bicyclic) bond motifs is 1. The number of hydrogen-bond donors (Lipinski definition) is 1. The number of likely N-dealkylation sites (N-methyl/N-ethyl adjacent to an activating group) is 1. The third-order valence-electron chi connectivity index (χ3n) is 6.66. The van der Waals surface area contributed by atoms with Gasteiger partial charge in [-0.15, -0.1) is 15.3 Å². The van der Waals surface area contributed by atoms with Crippen molar-refractivity contribution in [3.05, 3.63) is 53.9 Å². The normalized spacial score (nSPS) is 18.6. The maximum absolute atomic E-state index is 12.8. The van der Waals surface area contributed by atoms with Gasteiger partial charge in [0.15, 0.2) is 11.5 Å². The number of likely N-dealkylation sites (tertiary alicyclic amines) is 1. The molecule has 33 heavy (non-hydrogen) atoms. The van der Waals surface area contributed by atoms with E-state index in [0.29, 0.717) is 11.5 Å². The Bertz CT molecular complexity index is 1070. The summed E-state index contributed by atoms with van der Waals surface area (Å²) in [6.07, 6.45) is 2.11. The molecule has 5 rings (SSSR count). The van der Waals surface area contributed by atoms with Crippen LogP contribution in [0.3, 0.4) is 0 Å². The zero-order valence-corrected chi connectivity index (χ0v) is 19.2. The summed E-state index contributed by atoms with van der Waals surface area (Å²) in [5.41, 5.74) is 2.01. The van der Waals surface area contributed by atoms with Gasteiger partial charge in [-0.25, -0.2) is 0 Å². The van der Waals surface area contributed by atoms with E-state index in [1.165, 1.54) is 5.56 Å². The number of hydrogen-bond acceptors (Lipinski definition) is 7. The zero-order chi connectivity index (χ0) is 22.6. The molecule has 2 fully saturated rings. The standard InChI is InChI=1S/C24H32N8O/c1-29-13-15-31(16-14-29)22-8-7-21-26-27-23(32(21)28-22)17-24(33)25-20-9-11-30(12-10-20)18-19-5-3-2-4-6-19/h2-8,20H,9-18H2,1H3,(H,25,33). The van der Waals surface area contributed by atoms with E-state index in [-0.39, 0.29) is 18.4 Å². The van der Waals surface area contributed by atoms with Gasteiger partial charge in [0.1, 0.15) is 5.82 Å². The second-order valence-electron chi connectivity index (χ2n) is 9.15. The van der Waals surface area contributed by atoms with Crippen molar-refractivity contribution < 1.29 is 4.79 Å². The van der Waals surface area contributed by atoms with Crippen LogP contribution >= 0.6 is 0 Å². The van der Waals surface area contributed by atoms with Crippen molar-refractivity contribution in [2.75, 3.05) is 51.2 Å². The zero-order valence-electron chi connectivity index (χ0n) is 19.2. The molecule has 0 unspecified atom stereocenters. The molecule has 9 heteroatoms. The fourth-order valence-corrected chi connectivity index (χ4v) is 4.64. The van der Waals surface area contributed by atoms with Gasteiger partial charge in [-0.05, 0) is 37.6 Å². The quantitative estimate of drug-likeness (QED) is 0.607. The Hall–Kier alpha value is -3.04. The van der Waals surface area contributed by atoms with Crippen LogP contribution in [0.1, 0.15) is 24.2 Å². The molecule has 2 aliphatic rings. The van der Waals surface area contributed by atoms with Crippen molar-refractivity contribution in [3.63, 3.8) is 0 Å². The molecule has 0 spiro atoms. The van der Waals surface area contributed by atoms with Crippen LogP contribution in [-0.2, 0) is 17.8 Å². The second-order valence-corrected chi connectivity index (χ2v) is 9.15. The number of anilines is 1. The Morgan fingerprint density at radius 3 is 2.48 bits per heavy atom. The number of piperidine rings is 1. The van der Waals surface area contributed by atoms with Gasteiger partial charge in [-0.1, -0.05) is 30.3 Å². The summed E-state index contributed by atoms with van der Waals surface area (Å²) in [6.45, 7) is 6.86. The van der Waals surface area contributed by atoms with Crippen molar-refractivity contribution in [2.45, 2.75) is 31.8 Å². The smallest absolute Gasteiger partial charge is 0.227 e. The summed E-state index contributed by atoms with van der Waals surface area (Å²) < 4.78 is 1.72. The van der Waals surface area contributed by atoms with Gasteiger partial charge < -0.3 is 15.1 Å². The van der Waals surface area contributed by atoms with Gasteiger partial charge in [-0.2, -0.15) is 4.52 Å². The predicted octanol–water partition coefficient (Wildman–Crippen LogP) is 1.20. The average Bonchev–Trinajstić information content (AvgIpc) is 3.23. The Kier molecular flexibility index (Phi) is 6.50. The minimum absolute atomic E-state index is 0.0161. The number of aromatic nitrogens is 4. The van der Waals surface area contributed by atoms with Gasteiger partial charge in [-0.3, -0.25) is 9.69 Å². The van der Waals surface area contributed by atoms with Crippen LogP contribution in [0.2, 0.25) is 0 Å². The minimum atomic E-state index is -0.0161. The van der Waals surface area contributed by atoms with E-state index in [4.69, 9.17) is 5.10 Å². The molecule has 9 nitrogen and oxygen atoms in total. The first-order valence-electron chi connectivity index (χ1n) is 11.8. The lowest BCUT2D eigenvalue weighted by Crippen LogP contribution is -2.45. The Labute approximate surface area is 194 Å². The van der Waals surface area contributed by atoms with E-state index >= 15 is 0 Å². The number of benzene rings is 1. The van der Waals surface area contributed by atoms with Crippen molar-refractivity contribution in [1.29, 1.82) is 0 Å². The van der Waals surface area contributed by atoms with E-state index in [2.05, 4.69) is 61.5 Å². The summed E-state index contributed by atoms with van der Waals surface area (Å²) in [7, 11) is 2.14. The lowest BCUT2D eigenvalue weighted by Gasteiger charge is -2.33. The van der Waals surface area contributed by atoms with Gasteiger partial charge in [0.25, 0.3) is 0 Å². The highest BCUT2D eigenvalue weighted by molar-refractivity contribution is 5.78. The van der Waals surface area contributed by atoms with E-state index in [9.17, 15) is 4.79 Å². The third-order valence-corrected chi connectivity index (χ3v) is 6.66. The maximum Gasteiger partial charge on any atom is 0.227 e. The first kappa shape index (κ1) is 21.8. The number of nitrogens with one attached hydrogen (secondary N) is 1. The van der Waals surface area contributed by atoms with Crippen LogP contribution in [-0.4, -0.2) is 87.9 Å². The number of carbonyl (C=O) groups excluding carboxylic acids is 1. The lowest BCUT2D eigenvalue weighted by molar-refractivity contribution is -0.121. The van der Waals surface area contributed by atoms with Crippen LogP contribution in [0.25, 0.3) is 5.65 Å². The van der Waals surface area contributed by atoms with Gasteiger partial charge in [0.05, 0.1) is 6.42 Å². The Morgan fingerprint density at radius 2 is 1.73 bits per heavy atom. The maximum atomic E-state index is 12.8. The first-order chi connectivity index (χ1) is 16.1. The number of nitrogens with zero attached hydrogens (tertiary/aromatic N) is 7. The molecule has 2 aromatic heterocycles. The van der Waals surface area contributed by atoms with E-state index < -0.39 is 0 Å². The van der Waals surface area contributed by atoms with Gasteiger partial charge >= 0.3 is 0 Å². The SMILES string of the molecule is CN1CCN(c2ccc3nnc(CC(=O)NC4CCN(Cc5ccccc5)CC4)n3n2)CC1. The van der Waals surface area contributed by atoms with Gasteiger partial charge in [0.2, 0.25) is 5.91 Å². The first-order valence-corrected chi connectivity index (χ1v) is 11.8. The van der Waals surface area contributed by atoms with Crippen molar-refractivity contribution >= 4 is 17.4 Å². The number of amides is 1. The monoisotopic (exact) mass is 448 g/mol. The molecule has 2 saturated heterocycles. The molecule has 0 saturated carbocycles. The van der Waals surface area contributed by atoms with E-state index in [1.54, 1.807) is 4.52 Å². The van der Waals surface area contributed by atoms with Crippen LogP contribution in [0.4, 0.5) is 5.82 Å². The molecule has 2 aliphatic heterocycles. The summed E-state index contributed by atoms with van der Waals surface area (Å²) in [4.78, 5) is 19.8. The molecule has 0 radical (unpaired) electrons. The molecule has 174 valence electrons. The third kappa shape index (κ3) is 5.31.